The third-order valence-corrected chi connectivity index (χ3v) is 5.15. The Hall–Kier alpha value is -1.45. The van der Waals surface area contributed by atoms with Gasteiger partial charge < -0.3 is 0 Å². The number of esters is 2. The van der Waals surface area contributed by atoms with Gasteiger partial charge in [-0.25, -0.2) is 0 Å². The van der Waals surface area contributed by atoms with Crippen LogP contribution < -0.4 is 0 Å². The first kappa shape index (κ1) is 21.6. The molecule has 5 nitrogen and oxygen atoms in total. The Morgan fingerprint density at radius 1 is 1.00 bits per heavy atom. The van der Waals surface area contributed by atoms with E-state index >= 15 is 0 Å². The zero-order valence-electron chi connectivity index (χ0n) is 16.2. The van der Waals surface area contributed by atoms with Crippen LogP contribution in [-0.4, -0.2) is 52.3 Å². The minimum atomic E-state index is -1.15. The number of carbonyl (C=O) groups is 2. The van der Waals surface area contributed by atoms with Crippen LogP contribution in [0.15, 0.2) is 24.3 Å². The van der Waals surface area contributed by atoms with Crippen LogP contribution in [-0.2, 0) is 36.6 Å². The van der Waals surface area contributed by atoms with E-state index in [1.54, 1.807) is 6.92 Å². The fourth-order valence-electron chi connectivity index (χ4n) is 2.43. The number of hydrogen-bond donors (Lipinski definition) is 0. The third-order valence-electron chi connectivity index (χ3n) is 3.68. The molecule has 1 rings (SSSR count). The Labute approximate surface area is 151 Å². The molecule has 142 valence electrons. The summed E-state index contributed by atoms with van der Waals surface area (Å²) in [5.41, 5.74) is 1.23. The molecule has 0 radical (unpaired) electrons. The SMILES string of the molecule is COCC(C)(COC(C)=O)C(=O)OCc1ccc(C[PH](C)(C)C)cc1. The maximum atomic E-state index is 12.4. The molecular formula is C19H31O5P. The van der Waals surface area contributed by atoms with Crippen molar-refractivity contribution in [3.63, 3.8) is 0 Å². The van der Waals surface area contributed by atoms with Crippen LogP contribution in [0, 0.1) is 5.41 Å². The van der Waals surface area contributed by atoms with Gasteiger partial charge in [0, 0.05) is 6.92 Å². The summed E-state index contributed by atoms with van der Waals surface area (Å²) in [6, 6.07) is 8.16. The van der Waals surface area contributed by atoms with Crippen molar-refractivity contribution in [1.82, 2.24) is 0 Å². The second-order valence-electron chi connectivity index (χ2n) is 7.90. The fraction of sp³-hybridized carbons (Fsp3) is 0.579. The van der Waals surface area contributed by atoms with Crippen molar-refractivity contribution in [1.29, 1.82) is 0 Å². The molecule has 0 saturated carbocycles. The van der Waals surface area contributed by atoms with Crippen molar-refractivity contribution in [2.24, 2.45) is 5.41 Å². The summed E-state index contributed by atoms with van der Waals surface area (Å²) in [5.74, 6) is -0.880. The van der Waals surface area contributed by atoms with Crippen molar-refractivity contribution in [3.05, 3.63) is 35.4 Å². The Morgan fingerprint density at radius 2 is 1.56 bits per heavy atom. The van der Waals surface area contributed by atoms with Gasteiger partial charge in [-0.15, -0.1) is 0 Å². The van der Waals surface area contributed by atoms with Crippen LogP contribution >= 0.6 is 7.26 Å². The third kappa shape index (κ3) is 7.98. The molecule has 0 N–H and O–H groups in total. The number of benzene rings is 1. The summed E-state index contributed by atoms with van der Waals surface area (Å²) in [4.78, 5) is 23.4. The second-order valence-corrected chi connectivity index (χ2v) is 13.4. The minimum absolute atomic E-state index is 0.0653. The first-order valence-corrected chi connectivity index (χ1v) is 12.1. The molecule has 0 aliphatic rings. The zero-order valence-corrected chi connectivity index (χ0v) is 17.2. The van der Waals surface area contributed by atoms with Gasteiger partial charge in [-0.2, -0.15) is 0 Å². The molecular weight excluding hydrogens is 339 g/mol. The Kier molecular flexibility index (Phi) is 8.04. The summed E-state index contributed by atoms with van der Waals surface area (Å²) in [5, 5.41) is 0. The van der Waals surface area contributed by atoms with E-state index in [1.807, 2.05) is 12.1 Å². The molecule has 6 heteroatoms. The molecule has 0 saturated heterocycles. The molecule has 0 aromatic heterocycles. The van der Waals surface area contributed by atoms with E-state index < -0.39 is 24.6 Å². The quantitative estimate of drug-likeness (QED) is 0.494. The molecule has 0 bridgehead atoms. The molecule has 1 aromatic carbocycles. The maximum absolute atomic E-state index is 12.4. The number of hydrogen-bond acceptors (Lipinski definition) is 5. The first-order chi connectivity index (χ1) is 11.6. The monoisotopic (exact) mass is 370 g/mol. The molecule has 0 fully saturated rings. The molecule has 1 atom stereocenters. The predicted octanol–water partition coefficient (Wildman–Crippen LogP) is 3.08. The van der Waals surface area contributed by atoms with Gasteiger partial charge in [-0.05, 0) is 0 Å². The van der Waals surface area contributed by atoms with Gasteiger partial charge in [0.2, 0.25) is 0 Å². The topological polar surface area (TPSA) is 61.8 Å². The molecule has 0 spiro atoms. The summed E-state index contributed by atoms with van der Waals surface area (Å²) >= 11 is 0. The van der Waals surface area contributed by atoms with E-state index in [2.05, 4.69) is 32.1 Å². The number of ether oxygens (including phenoxy) is 3. The van der Waals surface area contributed by atoms with E-state index in [-0.39, 0.29) is 19.8 Å². The van der Waals surface area contributed by atoms with Gasteiger partial charge in [0.15, 0.2) is 0 Å². The summed E-state index contributed by atoms with van der Waals surface area (Å²) in [6.45, 7) is 10.2. The molecule has 0 heterocycles. The van der Waals surface area contributed by atoms with Crippen molar-refractivity contribution >= 4 is 19.2 Å². The van der Waals surface area contributed by atoms with Gasteiger partial charge in [0.05, 0.1) is 0 Å². The molecule has 25 heavy (non-hydrogen) atoms. The van der Waals surface area contributed by atoms with Gasteiger partial charge in [0.25, 0.3) is 0 Å². The molecule has 0 aliphatic carbocycles. The number of carbonyl (C=O) groups excluding carboxylic acids is 2. The molecule has 0 amide bonds. The van der Waals surface area contributed by atoms with Crippen molar-refractivity contribution in [3.8, 4) is 0 Å². The Bertz CT molecular complexity index is 576. The predicted molar refractivity (Wildman–Crippen MR) is 103 cm³/mol. The van der Waals surface area contributed by atoms with E-state index in [9.17, 15) is 9.59 Å². The van der Waals surface area contributed by atoms with E-state index in [1.165, 1.54) is 19.6 Å². The van der Waals surface area contributed by atoms with Gasteiger partial charge >= 0.3 is 139 Å². The van der Waals surface area contributed by atoms with Crippen molar-refractivity contribution < 1.29 is 23.8 Å². The number of rotatable bonds is 9. The van der Waals surface area contributed by atoms with E-state index in [0.717, 1.165) is 11.7 Å². The van der Waals surface area contributed by atoms with Crippen LogP contribution in [0.1, 0.15) is 25.0 Å². The van der Waals surface area contributed by atoms with Crippen LogP contribution in [0.3, 0.4) is 0 Å². The van der Waals surface area contributed by atoms with Gasteiger partial charge in [0.1, 0.15) is 0 Å². The van der Waals surface area contributed by atoms with Crippen molar-refractivity contribution in [2.45, 2.75) is 26.6 Å². The van der Waals surface area contributed by atoms with E-state index in [0.29, 0.717) is 0 Å². The van der Waals surface area contributed by atoms with Crippen molar-refractivity contribution in [2.75, 3.05) is 40.3 Å². The summed E-state index contributed by atoms with van der Waals surface area (Å²) in [6.07, 6.45) is 1.13. The Morgan fingerprint density at radius 3 is 2.04 bits per heavy atom. The average molecular weight is 370 g/mol. The summed E-state index contributed by atoms with van der Waals surface area (Å²) < 4.78 is 15.5. The van der Waals surface area contributed by atoms with Gasteiger partial charge in [-0.3, -0.25) is 4.79 Å². The van der Waals surface area contributed by atoms with Crippen LogP contribution in [0.4, 0.5) is 0 Å². The first-order valence-electron chi connectivity index (χ1n) is 8.43. The molecule has 1 aromatic rings. The zero-order chi connectivity index (χ0) is 19.1. The molecule has 0 aliphatic heterocycles. The molecule has 1 unspecified atom stereocenters. The van der Waals surface area contributed by atoms with Crippen LogP contribution in [0.5, 0.6) is 0 Å². The average Bonchev–Trinajstić information content (AvgIpc) is 2.51. The second kappa shape index (κ2) is 9.30. The number of methoxy groups -OCH3 is 1. The normalized spacial score (nSPS) is 14.5. The van der Waals surface area contributed by atoms with Crippen LogP contribution in [0.2, 0.25) is 0 Å². The fourth-order valence-corrected chi connectivity index (χ4v) is 3.89. The summed E-state index contributed by atoms with van der Waals surface area (Å²) in [7, 11) is 0.352. The Balaban J connectivity index is 2.65. The van der Waals surface area contributed by atoms with Crippen LogP contribution in [0.25, 0.3) is 0 Å². The van der Waals surface area contributed by atoms with E-state index in [4.69, 9.17) is 14.2 Å². The standard InChI is InChI=1S/C19H31O5P/c1-15(20)24-14-19(2,13-22-3)18(21)23-11-16-7-9-17(10-8-16)12-25(4,5)6/h7-10,25H,11-14H2,1-6H3. The van der Waals surface area contributed by atoms with Gasteiger partial charge in [-0.1, -0.05) is 0 Å².